The standard InChI is InChI=1S/C19H25N5O2.ClH/c25-19(18-13-24(23-22-18)15-9-11-20-12-10-15)21-14-5-7-17(8-6-14)26-16-3-1-2-4-16;/h5-8,13,15-16,20H,1-4,9-12H2,(H,21,25);1H. The average molecular weight is 392 g/mol. The fraction of sp³-hybridized carbons (Fsp3) is 0.526. The molecule has 1 aliphatic carbocycles. The van der Waals surface area contributed by atoms with Crippen molar-refractivity contribution in [1.29, 1.82) is 0 Å². The molecule has 1 saturated heterocycles. The molecular formula is C19H26ClN5O2. The molecule has 0 unspecified atom stereocenters. The predicted molar refractivity (Wildman–Crippen MR) is 106 cm³/mol. The van der Waals surface area contributed by atoms with E-state index in [0.29, 0.717) is 17.8 Å². The zero-order valence-corrected chi connectivity index (χ0v) is 16.1. The molecule has 146 valence electrons. The van der Waals surface area contributed by atoms with Crippen LogP contribution >= 0.6 is 12.4 Å². The van der Waals surface area contributed by atoms with E-state index in [0.717, 1.165) is 50.2 Å². The van der Waals surface area contributed by atoms with Crippen LogP contribution in [-0.4, -0.2) is 40.1 Å². The number of aromatic nitrogens is 3. The van der Waals surface area contributed by atoms with Crippen LogP contribution in [0.5, 0.6) is 5.75 Å². The van der Waals surface area contributed by atoms with E-state index in [1.165, 1.54) is 12.8 Å². The van der Waals surface area contributed by atoms with E-state index in [2.05, 4.69) is 20.9 Å². The Morgan fingerprint density at radius 2 is 1.81 bits per heavy atom. The van der Waals surface area contributed by atoms with Gasteiger partial charge in [0.15, 0.2) is 5.69 Å². The van der Waals surface area contributed by atoms with E-state index in [9.17, 15) is 4.79 Å². The number of hydrogen-bond donors (Lipinski definition) is 2. The number of nitrogens with zero attached hydrogens (tertiary/aromatic N) is 3. The predicted octanol–water partition coefficient (Wildman–Crippen LogP) is 3.20. The topological polar surface area (TPSA) is 81.1 Å². The number of anilines is 1. The van der Waals surface area contributed by atoms with Crippen LogP contribution in [0, 0.1) is 0 Å². The summed E-state index contributed by atoms with van der Waals surface area (Å²) < 4.78 is 7.76. The number of halogens is 1. The number of hydrogen-bond acceptors (Lipinski definition) is 5. The summed E-state index contributed by atoms with van der Waals surface area (Å²) in [6, 6.07) is 7.84. The summed E-state index contributed by atoms with van der Waals surface area (Å²) >= 11 is 0. The van der Waals surface area contributed by atoms with Crippen molar-refractivity contribution in [3.05, 3.63) is 36.2 Å². The van der Waals surface area contributed by atoms with Crippen LogP contribution < -0.4 is 15.4 Å². The Kier molecular flexibility index (Phi) is 6.68. The van der Waals surface area contributed by atoms with Crippen molar-refractivity contribution >= 4 is 24.0 Å². The lowest BCUT2D eigenvalue weighted by molar-refractivity contribution is 0.102. The van der Waals surface area contributed by atoms with Crippen LogP contribution in [0.3, 0.4) is 0 Å². The first-order valence-corrected chi connectivity index (χ1v) is 9.48. The zero-order chi connectivity index (χ0) is 17.8. The fourth-order valence-corrected chi connectivity index (χ4v) is 3.64. The van der Waals surface area contributed by atoms with Crippen molar-refractivity contribution in [3.8, 4) is 5.75 Å². The Morgan fingerprint density at radius 3 is 2.52 bits per heavy atom. The quantitative estimate of drug-likeness (QED) is 0.818. The van der Waals surface area contributed by atoms with Crippen LogP contribution in [0.25, 0.3) is 0 Å². The fourth-order valence-electron chi connectivity index (χ4n) is 3.64. The second-order valence-electron chi connectivity index (χ2n) is 7.07. The van der Waals surface area contributed by atoms with Gasteiger partial charge in [-0.2, -0.15) is 0 Å². The van der Waals surface area contributed by atoms with Gasteiger partial charge in [-0.05, 0) is 75.9 Å². The molecule has 4 rings (SSSR count). The molecule has 0 radical (unpaired) electrons. The summed E-state index contributed by atoms with van der Waals surface area (Å²) in [5.41, 5.74) is 1.07. The number of rotatable bonds is 5. The highest BCUT2D eigenvalue weighted by Crippen LogP contribution is 2.25. The number of carbonyl (C=O) groups is 1. The molecule has 2 aliphatic rings. The van der Waals surface area contributed by atoms with Gasteiger partial charge in [0.1, 0.15) is 5.75 Å². The molecule has 1 aromatic carbocycles. The van der Waals surface area contributed by atoms with Gasteiger partial charge in [0, 0.05) is 5.69 Å². The first-order valence-electron chi connectivity index (χ1n) is 9.48. The second-order valence-corrected chi connectivity index (χ2v) is 7.07. The molecule has 8 heteroatoms. The maximum Gasteiger partial charge on any atom is 0.277 e. The molecule has 0 bridgehead atoms. The van der Waals surface area contributed by atoms with E-state index in [4.69, 9.17) is 4.74 Å². The molecule has 1 amide bonds. The van der Waals surface area contributed by atoms with Crippen molar-refractivity contribution < 1.29 is 9.53 Å². The van der Waals surface area contributed by atoms with E-state index in [1.54, 1.807) is 6.20 Å². The highest BCUT2D eigenvalue weighted by molar-refractivity contribution is 6.02. The van der Waals surface area contributed by atoms with Crippen molar-refractivity contribution in [2.24, 2.45) is 0 Å². The Labute approximate surface area is 165 Å². The van der Waals surface area contributed by atoms with E-state index >= 15 is 0 Å². The lowest BCUT2D eigenvalue weighted by atomic mass is 10.1. The second kappa shape index (κ2) is 9.19. The van der Waals surface area contributed by atoms with Crippen molar-refractivity contribution in [3.63, 3.8) is 0 Å². The van der Waals surface area contributed by atoms with E-state index < -0.39 is 0 Å². The number of carbonyl (C=O) groups excluding carboxylic acids is 1. The van der Waals surface area contributed by atoms with Crippen molar-refractivity contribution in [2.75, 3.05) is 18.4 Å². The monoisotopic (exact) mass is 391 g/mol. The first kappa shape index (κ1) is 19.6. The Morgan fingerprint density at radius 1 is 1.11 bits per heavy atom. The third-order valence-corrected chi connectivity index (χ3v) is 5.14. The maximum absolute atomic E-state index is 12.4. The lowest BCUT2D eigenvalue weighted by Gasteiger charge is -2.22. The van der Waals surface area contributed by atoms with Gasteiger partial charge in [0.25, 0.3) is 5.91 Å². The van der Waals surface area contributed by atoms with Gasteiger partial charge in [-0.3, -0.25) is 4.79 Å². The third kappa shape index (κ3) is 4.99. The van der Waals surface area contributed by atoms with Crippen LogP contribution in [0.2, 0.25) is 0 Å². The zero-order valence-electron chi connectivity index (χ0n) is 15.3. The Balaban J connectivity index is 0.00000210. The molecule has 2 aromatic rings. The van der Waals surface area contributed by atoms with E-state index in [-0.39, 0.29) is 18.3 Å². The number of ether oxygens (including phenoxy) is 1. The molecule has 2 heterocycles. The molecule has 2 fully saturated rings. The molecule has 0 atom stereocenters. The minimum absolute atomic E-state index is 0. The average Bonchev–Trinajstić information content (AvgIpc) is 3.36. The summed E-state index contributed by atoms with van der Waals surface area (Å²) in [5.74, 6) is 0.612. The molecule has 1 aliphatic heterocycles. The van der Waals surface area contributed by atoms with Gasteiger partial charge in [-0.15, -0.1) is 17.5 Å². The molecule has 27 heavy (non-hydrogen) atoms. The summed E-state index contributed by atoms with van der Waals surface area (Å²) in [5, 5.41) is 14.4. The smallest absolute Gasteiger partial charge is 0.277 e. The maximum atomic E-state index is 12.4. The number of benzene rings is 1. The SMILES string of the molecule is Cl.O=C(Nc1ccc(OC2CCCC2)cc1)c1cn(C2CCNCC2)nn1. The van der Waals surface area contributed by atoms with E-state index in [1.807, 2.05) is 28.9 Å². The highest BCUT2D eigenvalue weighted by Gasteiger charge is 2.19. The minimum Gasteiger partial charge on any atom is -0.490 e. The first-order chi connectivity index (χ1) is 12.8. The summed E-state index contributed by atoms with van der Waals surface area (Å²) in [4.78, 5) is 12.4. The molecule has 0 spiro atoms. The largest absolute Gasteiger partial charge is 0.490 e. The molecule has 1 saturated carbocycles. The lowest BCUT2D eigenvalue weighted by Crippen LogP contribution is -2.29. The van der Waals surface area contributed by atoms with Gasteiger partial charge in [0.05, 0.1) is 18.3 Å². The molecule has 2 N–H and O–H groups in total. The summed E-state index contributed by atoms with van der Waals surface area (Å²) in [6.45, 7) is 1.95. The molecular weight excluding hydrogens is 366 g/mol. The highest BCUT2D eigenvalue weighted by atomic mass is 35.5. The van der Waals surface area contributed by atoms with Crippen LogP contribution in [0.15, 0.2) is 30.5 Å². The van der Waals surface area contributed by atoms with Gasteiger partial charge < -0.3 is 15.4 Å². The Hall–Kier alpha value is -2.12. The number of piperidine rings is 1. The molecule has 1 aromatic heterocycles. The normalized spacial score (nSPS) is 18.1. The number of amides is 1. The van der Waals surface area contributed by atoms with Gasteiger partial charge in [-0.1, -0.05) is 5.21 Å². The minimum atomic E-state index is -0.241. The number of nitrogens with one attached hydrogen (secondary N) is 2. The Bertz CT molecular complexity index is 737. The van der Waals surface area contributed by atoms with Gasteiger partial charge in [-0.25, -0.2) is 4.68 Å². The molecule has 7 nitrogen and oxygen atoms in total. The van der Waals surface area contributed by atoms with Crippen LogP contribution in [-0.2, 0) is 0 Å². The van der Waals surface area contributed by atoms with Crippen molar-refractivity contribution in [2.45, 2.75) is 50.7 Å². The third-order valence-electron chi connectivity index (χ3n) is 5.14. The summed E-state index contributed by atoms with van der Waals surface area (Å²) in [7, 11) is 0. The van der Waals surface area contributed by atoms with Crippen molar-refractivity contribution in [1.82, 2.24) is 20.3 Å². The van der Waals surface area contributed by atoms with Gasteiger partial charge in [0.2, 0.25) is 0 Å². The van der Waals surface area contributed by atoms with Gasteiger partial charge >= 0.3 is 0 Å². The van der Waals surface area contributed by atoms with Crippen LogP contribution in [0.4, 0.5) is 5.69 Å². The summed E-state index contributed by atoms with van der Waals surface area (Å²) in [6.07, 6.45) is 8.84. The van der Waals surface area contributed by atoms with Crippen LogP contribution in [0.1, 0.15) is 55.1 Å².